The summed E-state index contributed by atoms with van der Waals surface area (Å²) in [5.41, 5.74) is 3.68. The second-order valence-electron chi connectivity index (χ2n) is 9.89. The molecule has 0 spiro atoms. The summed E-state index contributed by atoms with van der Waals surface area (Å²) >= 11 is 0. The lowest BCUT2D eigenvalue weighted by Gasteiger charge is -2.35. The molecule has 4 aromatic rings. The summed E-state index contributed by atoms with van der Waals surface area (Å²) in [6, 6.07) is 17.2. The summed E-state index contributed by atoms with van der Waals surface area (Å²) in [4.78, 5) is 28.8. The van der Waals surface area contributed by atoms with Gasteiger partial charge in [-0.2, -0.15) is 5.26 Å². The number of ether oxygens (including phenoxy) is 1. The number of nitriles is 1. The molecule has 2 amide bonds. The minimum absolute atomic E-state index is 0.327. The van der Waals surface area contributed by atoms with Crippen molar-refractivity contribution >= 4 is 28.6 Å². The molecule has 1 aliphatic heterocycles. The lowest BCUT2D eigenvalue weighted by molar-refractivity contribution is -0.274. The van der Waals surface area contributed by atoms with Gasteiger partial charge in [-0.05, 0) is 54.3 Å². The van der Waals surface area contributed by atoms with Gasteiger partial charge in [-0.25, -0.2) is 14.8 Å². The Hall–Kier alpha value is -4.79. The maximum absolute atomic E-state index is 12.7. The number of carbonyl (C=O) groups is 1. The quantitative estimate of drug-likeness (QED) is 0.345. The SMILES string of the molecule is N#CC1(c2ccc(-c3cc4c(N5CCN(C(=O)Nc6ccc(OC(F)(F)F)cc6)CC5)ncnc4[nH]3)cc2)CC1. The molecule has 3 heterocycles. The summed E-state index contributed by atoms with van der Waals surface area (Å²) < 4.78 is 40.9. The van der Waals surface area contributed by atoms with Crippen LogP contribution in [0.3, 0.4) is 0 Å². The summed E-state index contributed by atoms with van der Waals surface area (Å²) in [5, 5.41) is 13.0. The smallest absolute Gasteiger partial charge is 0.406 e. The number of amides is 2. The molecule has 0 unspecified atom stereocenters. The van der Waals surface area contributed by atoms with Crippen molar-refractivity contribution in [3.63, 3.8) is 0 Å². The van der Waals surface area contributed by atoms with E-state index in [-0.39, 0.29) is 17.2 Å². The Morgan fingerprint density at radius 1 is 1.02 bits per heavy atom. The van der Waals surface area contributed by atoms with Crippen LogP contribution in [-0.4, -0.2) is 58.4 Å². The number of urea groups is 1. The molecule has 2 aliphatic rings. The van der Waals surface area contributed by atoms with E-state index in [1.54, 1.807) is 4.90 Å². The van der Waals surface area contributed by atoms with Crippen molar-refractivity contribution in [3.8, 4) is 23.1 Å². The maximum atomic E-state index is 12.7. The third kappa shape index (κ3) is 5.10. The van der Waals surface area contributed by atoms with Gasteiger partial charge >= 0.3 is 12.4 Å². The summed E-state index contributed by atoms with van der Waals surface area (Å²) in [6.07, 6.45) is -1.46. The van der Waals surface area contributed by atoms with Crippen LogP contribution in [0.25, 0.3) is 22.3 Å². The highest BCUT2D eigenvalue weighted by Gasteiger charge is 2.44. The first-order valence-electron chi connectivity index (χ1n) is 12.8. The van der Waals surface area contributed by atoms with Crippen molar-refractivity contribution < 1.29 is 22.7 Å². The van der Waals surface area contributed by atoms with Gasteiger partial charge < -0.3 is 24.8 Å². The molecule has 2 aromatic heterocycles. The van der Waals surface area contributed by atoms with Gasteiger partial charge in [0.2, 0.25) is 0 Å². The Labute approximate surface area is 227 Å². The molecule has 2 fully saturated rings. The number of nitrogens with one attached hydrogen (secondary N) is 2. The number of rotatable bonds is 5. The fourth-order valence-corrected chi connectivity index (χ4v) is 4.96. The summed E-state index contributed by atoms with van der Waals surface area (Å²) in [5.74, 6) is 0.414. The Kier molecular flexibility index (Phi) is 6.21. The monoisotopic (exact) mass is 547 g/mol. The zero-order chi connectivity index (χ0) is 27.9. The van der Waals surface area contributed by atoms with Crippen LogP contribution in [0, 0.1) is 11.3 Å². The van der Waals surface area contributed by atoms with E-state index in [2.05, 4.69) is 36.0 Å². The van der Waals surface area contributed by atoms with E-state index in [1.807, 2.05) is 30.3 Å². The number of hydrogen-bond donors (Lipinski definition) is 2. The second kappa shape index (κ2) is 9.75. The van der Waals surface area contributed by atoms with Gasteiger partial charge in [-0.15, -0.1) is 13.2 Å². The number of alkyl halides is 3. The standard InChI is InChI=1S/C28H24F3N7O2/c29-28(30,31)40-21-7-5-20(6-8-21)35-26(39)38-13-11-37(12-14-38)25-22-15-23(36-24(22)33-17-34-25)18-1-3-19(4-2-18)27(16-32)9-10-27/h1-8,15,17H,9-14H2,(H,35,39)(H,33,34,36). The van der Waals surface area contributed by atoms with Crippen LogP contribution in [0.2, 0.25) is 0 Å². The molecule has 12 heteroatoms. The molecule has 204 valence electrons. The largest absolute Gasteiger partial charge is 0.573 e. The minimum Gasteiger partial charge on any atom is -0.406 e. The number of benzene rings is 2. The van der Waals surface area contributed by atoms with Gasteiger partial charge in [0.15, 0.2) is 0 Å². The number of fused-ring (bicyclic) bond motifs is 1. The van der Waals surface area contributed by atoms with Crippen molar-refractivity contribution in [2.75, 3.05) is 36.4 Å². The van der Waals surface area contributed by atoms with Crippen molar-refractivity contribution in [1.29, 1.82) is 5.26 Å². The number of H-pyrrole nitrogens is 1. The number of hydrogen-bond acceptors (Lipinski definition) is 6. The number of aromatic nitrogens is 3. The molecule has 2 N–H and O–H groups in total. The topological polar surface area (TPSA) is 110 Å². The predicted molar refractivity (Wildman–Crippen MR) is 142 cm³/mol. The average Bonchev–Trinajstić information content (AvgIpc) is 3.63. The van der Waals surface area contributed by atoms with Gasteiger partial charge in [0.05, 0.1) is 16.9 Å². The highest BCUT2D eigenvalue weighted by atomic mass is 19.4. The number of nitrogens with zero attached hydrogens (tertiary/aromatic N) is 5. The van der Waals surface area contributed by atoms with E-state index in [0.29, 0.717) is 37.5 Å². The van der Waals surface area contributed by atoms with Crippen molar-refractivity contribution in [3.05, 3.63) is 66.5 Å². The Balaban J connectivity index is 1.10. The third-order valence-electron chi connectivity index (χ3n) is 7.32. The predicted octanol–water partition coefficient (Wildman–Crippen LogP) is 5.43. The molecule has 0 bridgehead atoms. The van der Waals surface area contributed by atoms with Crippen LogP contribution in [0.4, 0.5) is 29.5 Å². The Morgan fingerprint density at radius 3 is 2.35 bits per heavy atom. The number of anilines is 2. The average molecular weight is 548 g/mol. The third-order valence-corrected chi connectivity index (χ3v) is 7.32. The van der Waals surface area contributed by atoms with Crippen LogP contribution >= 0.6 is 0 Å². The summed E-state index contributed by atoms with van der Waals surface area (Å²) in [7, 11) is 0. The van der Waals surface area contributed by atoms with Crippen LogP contribution in [-0.2, 0) is 5.41 Å². The van der Waals surface area contributed by atoms with E-state index in [1.165, 1.54) is 18.5 Å². The van der Waals surface area contributed by atoms with Crippen molar-refractivity contribution in [2.24, 2.45) is 0 Å². The first kappa shape index (κ1) is 25.5. The molecule has 40 heavy (non-hydrogen) atoms. The van der Waals surface area contributed by atoms with Gasteiger partial charge in [0.25, 0.3) is 0 Å². The van der Waals surface area contributed by atoms with Crippen molar-refractivity contribution in [2.45, 2.75) is 24.6 Å². The number of piperazine rings is 1. The van der Waals surface area contributed by atoms with Crippen LogP contribution < -0.4 is 15.0 Å². The molecular weight excluding hydrogens is 523 g/mol. The molecule has 1 saturated carbocycles. The van der Waals surface area contributed by atoms with Gasteiger partial charge in [-0.1, -0.05) is 24.3 Å². The Bertz CT molecular complexity index is 1580. The molecule has 0 atom stereocenters. The van der Waals surface area contributed by atoms with Crippen molar-refractivity contribution in [1.82, 2.24) is 19.9 Å². The molecule has 6 rings (SSSR count). The first-order valence-corrected chi connectivity index (χ1v) is 12.8. The number of halogens is 3. The van der Waals surface area contributed by atoms with Gasteiger partial charge in [-0.3, -0.25) is 0 Å². The molecule has 1 saturated heterocycles. The van der Waals surface area contributed by atoms with Crippen LogP contribution in [0.1, 0.15) is 18.4 Å². The van der Waals surface area contributed by atoms with E-state index in [4.69, 9.17) is 0 Å². The normalized spacial score (nSPS) is 16.4. The first-order chi connectivity index (χ1) is 19.2. The Morgan fingerprint density at radius 2 is 1.73 bits per heavy atom. The highest BCUT2D eigenvalue weighted by Crippen LogP contribution is 2.47. The van der Waals surface area contributed by atoms with Crippen LogP contribution in [0.5, 0.6) is 5.75 Å². The highest BCUT2D eigenvalue weighted by molar-refractivity contribution is 5.92. The molecule has 1 aliphatic carbocycles. The minimum atomic E-state index is -4.77. The summed E-state index contributed by atoms with van der Waals surface area (Å²) in [6.45, 7) is 1.96. The molecule has 2 aromatic carbocycles. The molecular formula is C28H24F3N7O2. The van der Waals surface area contributed by atoms with E-state index in [9.17, 15) is 23.2 Å². The maximum Gasteiger partial charge on any atom is 0.573 e. The lowest BCUT2D eigenvalue weighted by Crippen LogP contribution is -2.50. The zero-order valence-electron chi connectivity index (χ0n) is 21.2. The second-order valence-corrected chi connectivity index (χ2v) is 9.89. The van der Waals surface area contributed by atoms with Crippen LogP contribution in [0.15, 0.2) is 60.9 Å². The number of aromatic amines is 1. The van der Waals surface area contributed by atoms with E-state index in [0.717, 1.165) is 53.0 Å². The number of carbonyl (C=O) groups excluding carboxylic acids is 1. The van der Waals surface area contributed by atoms with Gasteiger partial charge in [0.1, 0.15) is 23.5 Å². The van der Waals surface area contributed by atoms with Gasteiger partial charge in [0, 0.05) is 37.6 Å². The molecule has 9 nitrogen and oxygen atoms in total. The lowest BCUT2D eigenvalue weighted by atomic mass is 9.96. The fourth-order valence-electron chi connectivity index (χ4n) is 4.96. The zero-order valence-corrected chi connectivity index (χ0v) is 21.2. The molecule has 0 radical (unpaired) electrons. The van der Waals surface area contributed by atoms with E-state index >= 15 is 0 Å². The fraction of sp³-hybridized carbons (Fsp3) is 0.286. The van der Waals surface area contributed by atoms with E-state index < -0.39 is 6.36 Å².